The maximum atomic E-state index is 11.2. The van der Waals surface area contributed by atoms with Crippen molar-refractivity contribution in [2.75, 3.05) is 19.0 Å². The fourth-order valence-corrected chi connectivity index (χ4v) is 1.11. The topological polar surface area (TPSA) is 94.4 Å². The summed E-state index contributed by atoms with van der Waals surface area (Å²) < 4.78 is 4.47. The van der Waals surface area contributed by atoms with Gasteiger partial charge in [-0.25, -0.2) is 9.78 Å². The van der Waals surface area contributed by atoms with Crippen LogP contribution in [-0.2, 0) is 4.74 Å². The predicted octanol–water partition coefficient (Wildman–Crippen LogP) is 1.21. The number of pyridine rings is 1. The first-order valence-electron chi connectivity index (χ1n) is 4.57. The van der Waals surface area contributed by atoms with Gasteiger partial charge in [-0.1, -0.05) is 0 Å². The molecule has 1 heterocycles. The molecule has 1 N–H and O–H groups in total. The second kappa shape index (κ2) is 5.06. The van der Waals surface area contributed by atoms with Gasteiger partial charge in [-0.05, 0) is 13.0 Å². The first-order chi connectivity index (χ1) is 7.60. The highest BCUT2D eigenvalue weighted by molar-refractivity contribution is 5.88. The van der Waals surface area contributed by atoms with Crippen molar-refractivity contribution in [1.82, 2.24) is 4.98 Å². The molecule has 0 amide bonds. The summed E-state index contributed by atoms with van der Waals surface area (Å²) in [7, 11) is 1.22. The highest BCUT2D eigenvalue weighted by Gasteiger charge is 2.18. The zero-order valence-corrected chi connectivity index (χ0v) is 8.89. The lowest BCUT2D eigenvalue weighted by Gasteiger charge is -2.05. The Labute approximate surface area is 91.6 Å². The monoisotopic (exact) mass is 225 g/mol. The van der Waals surface area contributed by atoms with E-state index < -0.39 is 10.9 Å². The molecule has 0 saturated heterocycles. The molecule has 0 aliphatic rings. The van der Waals surface area contributed by atoms with Gasteiger partial charge in [0.25, 0.3) is 0 Å². The molecular formula is C9H11N3O4. The zero-order chi connectivity index (χ0) is 12.1. The first kappa shape index (κ1) is 11.9. The van der Waals surface area contributed by atoms with Crippen molar-refractivity contribution in [3.05, 3.63) is 27.9 Å². The van der Waals surface area contributed by atoms with Crippen LogP contribution >= 0.6 is 0 Å². The zero-order valence-electron chi connectivity index (χ0n) is 8.89. The van der Waals surface area contributed by atoms with E-state index in [0.29, 0.717) is 6.54 Å². The highest BCUT2D eigenvalue weighted by atomic mass is 16.6. The number of aromatic nitrogens is 1. The van der Waals surface area contributed by atoms with Gasteiger partial charge < -0.3 is 10.1 Å². The van der Waals surface area contributed by atoms with Gasteiger partial charge in [-0.3, -0.25) is 10.1 Å². The van der Waals surface area contributed by atoms with Crippen LogP contribution in [0.25, 0.3) is 0 Å². The number of nitrogens with one attached hydrogen (secondary N) is 1. The van der Waals surface area contributed by atoms with Crippen molar-refractivity contribution in [3.8, 4) is 0 Å². The number of carbonyl (C=O) groups excluding carboxylic acids is 1. The Morgan fingerprint density at radius 3 is 2.81 bits per heavy atom. The molecule has 0 aliphatic heterocycles. The molecule has 0 aromatic carbocycles. The van der Waals surface area contributed by atoms with Crippen LogP contribution in [0.3, 0.4) is 0 Å². The fourth-order valence-electron chi connectivity index (χ4n) is 1.11. The van der Waals surface area contributed by atoms with E-state index in [2.05, 4.69) is 15.0 Å². The maximum Gasteiger partial charge on any atom is 0.356 e. The van der Waals surface area contributed by atoms with Gasteiger partial charge in [0.2, 0.25) is 5.82 Å². The third-order valence-electron chi connectivity index (χ3n) is 1.81. The fraction of sp³-hybridized carbons (Fsp3) is 0.333. The lowest BCUT2D eigenvalue weighted by molar-refractivity contribution is -0.384. The summed E-state index contributed by atoms with van der Waals surface area (Å²) in [6, 6.07) is 2.47. The van der Waals surface area contributed by atoms with Gasteiger partial charge in [0, 0.05) is 12.6 Å². The Bertz CT molecular complexity index is 419. The van der Waals surface area contributed by atoms with Crippen LogP contribution < -0.4 is 5.32 Å². The quantitative estimate of drug-likeness (QED) is 0.470. The minimum Gasteiger partial charge on any atom is -0.464 e. The van der Waals surface area contributed by atoms with Crippen LogP contribution in [0.1, 0.15) is 17.4 Å². The lowest BCUT2D eigenvalue weighted by Crippen LogP contribution is -2.09. The molecular weight excluding hydrogens is 214 g/mol. The summed E-state index contributed by atoms with van der Waals surface area (Å²) in [5.74, 6) is -0.565. The molecule has 0 fully saturated rings. The standard InChI is InChI=1S/C9H11N3O4/c1-3-10-8-7(12(14)15)5-4-6(11-8)9(13)16-2/h4-5H,3H2,1-2H3,(H,10,11). The molecule has 7 heteroatoms. The number of anilines is 1. The molecule has 16 heavy (non-hydrogen) atoms. The molecule has 1 aromatic heterocycles. The number of rotatable bonds is 4. The van der Waals surface area contributed by atoms with Crippen LogP contribution in [0.2, 0.25) is 0 Å². The molecule has 0 aliphatic carbocycles. The number of hydrogen-bond donors (Lipinski definition) is 1. The van der Waals surface area contributed by atoms with Gasteiger partial charge in [0.1, 0.15) is 0 Å². The second-order valence-corrected chi connectivity index (χ2v) is 2.84. The van der Waals surface area contributed by atoms with Crippen molar-refractivity contribution >= 4 is 17.5 Å². The Kier molecular flexibility index (Phi) is 3.76. The Morgan fingerprint density at radius 1 is 1.62 bits per heavy atom. The summed E-state index contributed by atoms with van der Waals surface area (Å²) in [6.07, 6.45) is 0. The lowest BCUT2D eigenvalue weighted by atomic mass is 10.3. The van der Waals surface area contributed by atoms with E-state index in [9.17, 15) is 14.9 Å². The Balaban J connectivity index is 3.16. The smallest absolute Gasteiger partial charge is 0.356 e. The molecule has 7 nitrogen and oxygen atoms in total. The summed E-state index contributed by atoms with van der Waals surface area (Å²) in [6.45, 7) is 2.24. The van der Waals surface area contributed by atoms with Gasteiger partial charge >= 0.3 is 11.7 Å². The van der Waals surface area contributed by atoms with Crippen molar-refractivity contribution < 1.29 is 14.5 Å². The molecule has 0 atom stereocenters. The molecule has 0 spiro atoms. The number of carbonyl (C=O) groups is 1. The van der Waals surface area contributed by atoms with Crippen LogP contribution in [0.4, 0.5) is 11.5 Å². The number of esters is 1. The van der Waals surface area contributed by atoms with E-state index >= 15 is 0 Å². The summed E-state index contributed by atoms with van der Waals surface area (Å²) in [4.78, 5) is 25.1. The van der Waals surface area contributed by atoms with Crippen LogP contribution in [0.15, 0.2) is 12.1 Å². The van der Waals surface area contributed by atoms with Gasteiger partial charge in [-0.2, -0.15) is 0 Å². The van der Waals surface area contributed by atoms with Crippen molar-refractivity contribution in [2.45, 2.75) is 6.92 Å². The SMILES string of the molecule is CCNc1nc(C(=O)OC)ccc1[N+](=O)[O-]. The van der Waals surface area contributed by atoms with Crippen LogP contribution in [0, 0.1) is 10.1 Å². The number of hydrogen-bond acceptors (Lipinski definition) is 6. The molecule has 1 aromatic rings. The summed E-state index contributed by atoms with van der Waals surface area (Å²) in [5.41, 5.74) is -0.140. The third kappa shape index (κ3) is 2.44. The third-order valence-corrected chi connectivity index (χ3v) is 1.81. The maximum absolute atomic E-state index is 11.2. The van der Waals surface area contributed by atoms with Gasteiger partial charge in [0.05, 0.1) is 12.0 Å². The normalized spacial score (nSPS) is 9.62. The molecule has 86 valence electrons. The molecule has 0 saturated carbocycles. The van der Waals surface area contributed by atoms with Gasteiger partial charge in [0.15, 0.2) is 5.69 Å². The van der Waals surface area contributed by atoms with Crippen molar-refractivity contribution in [1.29, 1.82) is 0 Å². The molecule has 0 radical (unpaired) electrons. The number of nitro groups is 1. The first-order valence-corrected chi connectivity index (χ1v) is 4.57. The predicted molar refractivity (Wildman–Crippen MR) is 56.4 cm³/mol. The van der Waals surface area contributed by atoms with Crippen LogP contribution in [-0.4, -0.2) is 29.5 Å². The van der Waals surface area contributed by atoms with E-state index in [-0.39, 0.29) is 17.2 Å². The van der Waals surface area contributed by atoms with E-state index in [1.165, 1.54) is 19.2 Å². The minimum absolute atomic E-state index is 0.0315. The number of nitrogens with zero attached hydrogens (tertiary/aromatic N) is 2. The average molecular weight is 225 g/mol. The van der Waals surface area contributed by atoms with Crippen LogP contribution in [0.5, 0.6) is 0 Å². The van der Waals surface area contributed by atoms with Crippen molar-refractivity contribution in [2.24, 2.45) is 0 Å². The van der Waals surface area contributed by atoms with E-state index in [1.807, 2.05) is 0 Å². The highest BCUT2D eigenvalue weighted by Crippen LogP contribution is 2.21. The van der Waals surface area contributed by atoms with Crippen molar-refractivity contribution in [3.63, 3.8) is 0 Å². The summed E-state index contributed by atoms with van der Waals surface area (Å²) in [5, 5.41) is 13.4. The summed E-state index contributed by atoms with van der Waals surface area (Å²) >= 11 is 0. The second-order valence-electron chi connectivity index (χ2n) is 2.84. The number of methoxy groups -OCH3 is 1. The van der Waals surface area contributed by atoms with Gasteiger partial charge in [-0.15, -0.1) is 0 Å². The van der Waals surface area contributed by atoms with E-state index in [0.717, 1.165) is 0 Å². The minimum atomic E-state index is -0.631. The average Bonchev–Trinajstić information content (AvgIpc) is 2.28. The molecule has 0 unspecified atom stereocenters. The van der Waals surface area contributed by atoms with E-state index in [1.54, 1.807) is 6.92 Å². The number of ether oxygens (including phenoxy) is 1. The van der Waals surface area contributed by atoms with E-state index in [4.69, 9.17) is 0 Å². The molecule has 1 rings (SSSR count). The molecule has 0 bridgehead atoms. The Morgan fingerprint density at radius 2 is 2.31 bits per heavy atom. The Hall–Kier alpha value is -2.18. The largest absolute Gasteiger partial charge is 0.464 e.